The maximum atomic E-state index is 13.3. The lowest BCUT2D eigenvalue weighted by atomic mass is 9.80. The molecule has 0 bridgehead atoms. The van der Waals surface area contributed by atoms with Crippen molar-refractivity contribution in [2.45, 2.75) is 65.0 Å². The quantitative estimate of drug-likeness (QED) is 0.512. The molecule has 4 rings (SSSR count). The minimum atomic E-state index is -0.825. The summed E-state index contributed by atoms with van der Waals surface area (Å²) in [7, 11) is 0. The molecule has 2 heterocycles. The van der Waals surface area contributed by atoms with Crippen LogP contribution in [-0.4, -0.2) is 33.0 Å². The molecule has 1 saturated carbocycles. The van der Waals surface area contributed by atoms with Gasteiger partial charge in [0.25, 0.3) is 5.91 Å². The number of aromatic nitrogens is 2. The smallest absolute Gasteiger partial charge is 0.408 e. The number of ether oxygens (including phenoxy) is 1. The Balaban J connectivity index is 1.49. The highest BCUT2D eigenvalue weighted by Gasteiger charge is 2.35. The van der Waals surface area contributed by atoms with Crippen molar-refractivity contribution in [1.82, 2.24) is 14.7 Å². The Kier molecular flexibility index (Phi) is 6.91. The third kappa shape index (κ3) is 5.76. The molecular weight excluding hydrogens is 428 g/mol. The molecule has 180 valence electrons. The SMILES string of the molecule is CC1CCC(C(OC(=O)NC(C)(C)C)C(=O)Nc2ccc(-c3cccc4nccn34)cc2)CC1. The highest BCUT2D eigenvalue weighted by Crippen LogP contribution is 2.32. The molecule has 3 aromatic rings. The lowest BCUT2D eigenvalue weighted by Gasteiger charge is -2.32. The number of rotatable bonds is 5. The number of carbonyl (C=O) groups is 2. The molecule has 0 radical (unpaired) electrons. The number of pyridine rings is 1. The number of fused-ring (bicyclic) bond motifs is 1. The topological polar surface area (TPSA) is 84.7 Å². The summed E-state index contributed by atoms with van der Waals surface area (Å²) in [6, 6.07) is 13.6. The van der Waals surface area contributed by atoms with Gasteiger partial charge in [0.1, 0.15) is 5.65 Å². The molecule has 1 aromatic carbocycles. The molecule has 34 heavy (non-hydrogen) atoms. The third-order valence-electron chi connectivity index (χ3n) is 6.33. The van der Waals surface area contributed by atoms with Crippen LogP contribution in [0.1, 0.15) is 53.4 Å². The molecule has 1 unspecified atom stereocenters. The lowest BCUT2D eigenvalue weighted by Crippen LogP contribution is -2.46. The number of hydrogen-bond acceptors (Lipinski definition) is 4. The van der Waals surface area contributed by atoms with Crippen molar-refractivity contribution in [2.24, 2.45) is 11.8 Å². The van der Waals surface area contributed by atoms with Gasteiger partial charge < -0.3 is 15.4 Å². The van der Waals surface area contributed by atoms with Crippen LogP contribution in [0.15, 0.2) is 54.9 Å². The number of anilines is 1. The van der Waals surface area contributed by atoms with Crippen LogP contribution in [0, 0.1) is 11.8 Å². The Morgan fingerprint density at radius 2 is 1.76 bits per heavy atom. The number of nitrogens with one attached hydrogen (secondary N) is 2. The number of alkyl carbamates (subject to hydrolysis) is 1. The second kappa shape index (κ2) is 9.87. The van der Waals surface area contributed by atoms with Gasteiger partial charge in [0.15, 0.2) is 6.10 Å². The van der Waals surface area contributed by atoms with Gasteiger partial charge in [-0.15, -0.1) is 0 Å². The number of hydrogen-bond donors (Lipinski definition) is 2. The number of carbonyl (C=O) groups excluding carboxylic acids is 2. The number of amides is 2. The summed E-state index contributed by atoms with van der Waals surface area (Å²) in [4.78, 5) is 30.1. The van der Waals surface area contributed by atoms with E-state index in [1.165, 1.54) is 0 Å². The first-order chi connectivity index (χ1) is 16.2. The van der Waals surface area contributed by atoms with Crippen molar-refractivity contribution in [3.63, 3.8) is 0 Å². The molecule has 0 aliphatic heterocycles. The average Bonchev–Trinajstić information content (AvgIpc) is 3.27. The van der Waals surface area contributed by atoms with Crippen LogP contribution < -0.4 is 10.6 Å². The molecule has 2 aromatic heterocycles. The summed E-state index contributed by atoms with van der Waals surface area (Å²) >= 11 is 0. The fraction of sp³-hybridized carbons (Fsp3) is 0.444. The molecule has 7 nitrogen and oxygen atoms in total. The van der Waals surface area contributed by atoms with Crippen LogP contribution >= 0.6 is 0 Å². The van der Waals surface area contributed by atoms with Crippen LogP contribution in [0.3, 0.4) is 0 Å². The van der Waals surface area contributed by atoms with Gasteiger partial charge in [-0.1, -0.05) is 38.0 Å². The molecule has 0 spiro atoms. The summed E-state index contributed by atoms with van der Waals surface area (Å²) in [5.41, 5.74) is 3.14. The van der Waals surface area contributed by atoms with E-state index in [-0.39, 0.29) is 11.8 Å². The van der Waals surface area contributed by atoms with Crippen molar-refractivity contribution in [2.75, 3.05) is 5.32 Å². The molecule has 1 aliphatic rings. The van der Waals surface area contributed by atoms with Crippen LogP contribution in [0.25, 0.3) is 16.9 Å². The zero-order valence-corrected chi connectivity index (χ0v) is 20.4. The fourth-order valence-electron chi connectivity index (χ4n) is 4.52. The van der Waals surface area contributed by atoms with E-state index in [2.05, 4.69) is 22.5 Å². The lowest BCUT2D eigenvalue weighted by molar-refractivity contribution is -0.127. The largest absolute Gasteiger partial charge is 0.436 e. The summed E-state index contributed by atoms with van der Waals surface area (Å²) < 4.78 is 7.72. The van der Waals surface area contributed by atoms with E-state index in [0.29, 0.717) is 11.6 Å². The Morgan fingerprint density at radius 3 is 2.44 bits per heavy atom. The van der Waals surface area contributed by atoms with Crippen molar-refractivity contribution >= 4 is 23.3 Å². The van der Waals surface area contributed by atoms with Crippen LogP contribution in [0.2, 0.25) is 0 Å². The van der Waals surface area contributed by atoms with E-state index >= 15 is 0 Å². The zero-order chi connectivity index (χ0) is 24.3. The van der Waals surface area contributed by atoms with E-state index in [1.807, 2.05) is 73.8 Å². The maximum Gasteiger partial charge on any atom is 0.408 e. The first-order valence-corrected chi connectivity index (χ1v) is 12.0. The van der Waals surface area contributed by atoms with Crippen LogP contribution in [-0.2, 0) is 9.53 Å². The molecule has 1 atom stereocenters. The minimum Gasteiger partial charge on any atom is -0.436 e. The molecule has 2 amide bonds. The Hall–Kier alpha value is -3.35. The van der Waals surface area contributed by atoms with E-state index in [9.17, 15) is 9.59 Å². The second-order valence-corrected chi connectivity index (χ2v) is 10.4. The van der Waals surface area contributed by atoms with E-state index < -0.39 is 17.7 Å². The van der Waals surface area contributed by atoms with Gasteiger partial charge in [-0.25, -0.2) is 9.78 Å². The van der Waals surface area contributed by atoms with Gasteiger partial charge in [-0.3, -0.25) is 9.20 Å². The van der Waals surface area contributed by atoms with Crippen molar-refractivity contribution in [1.29, 1.82) is 0 Å². The monoisotopic (exact) mass is 462 g/mol. The first-order valence-electron chi connectivity index (χ1n) is 12.0. The fourth-order valence-corrected chi connectivity index (χ4v) is 4.52. The maximum absolute atomic E-state index is 13.3. The van der Waals surface area contributed by atoms with Crippen molar-refractivity contribution in [3.8, 4) is 11.3 Å². The highest BCUT2D eigenvalue weighted by molar-refractivity contribution is 5.95. The van der Waals surface area contributed by atoms with Gasteiger partial charge in [0, 0.05) is 29.5 Å². The first kappa shape index (κ1) is 23.8. The zero-order valence-electron chi connectivity index (χ0n) is 20.4. The summed E-state index contributed by atoms with van der Waals surface area (Å²) in [6.45, 7) is 7.89. The summed E-state index contributed by atoms with van der Waals surface area (Å²) in [5.74, 6) is 0.365. The Morgan fingerprint density at radius 1 is 1.06 bits per heavy atom. The van der Waals surface area contributed by atoms with Gasteiger partial charge in [-0.2, -0.15) is 0 Å². The number of imidazole rings is 1. The van der Waals surface area contributed by atoms with E-state index in [4.69, 9.17) is 4.74 Å². The molecule has 1 aliphatic carbocycles. The molecule has 7 heteroatoms. The molecule has 0 saturated heterocycles. The van der Waals surface area contributed by atoms with Gasteiger partial charge in [0.2, 0.25) is 0 Å². The molecule has 2 N–H and O–H groups in total. The summed E-state index contributed by atoms with van der Waals surface area (Å²) in [5, 5.41) is 5.77. The number of nitrogens with zero attached hydrogens (tertiary/aromatic N) is 2. The Bertz CT molecular complexity index is 1140. The summed E-state index contributed by atoms with van der Waals surface area (Å²) in [6.07, 6.45) is 6.13. The standard InChI is InChI=1S/C27H34N4O3/c1-18-8-10-20(11-9-18)24(34-26(33)30-27(2,3)4)25(32)29-21-14-12-19(13-15-21)22-6-5-7-23-28-16-17-31(22)23/h5-7,12-18,20,24H,8-11H2,1-4H3,(H,29,32)(H,30,33). The molecular formula is C27H34N4O3. The van der Waals surface area contributed by atoms with Gasteiger partial charge in [-0.05, 0) is 69.4 Å². The Labute approximate surface area is 200 Å². The van der Waals surface area contributed by atoms with Crippen LogP contribution in [0.5, 0.6) is 0 Å². The predicted octanol–water partition coefficient (Wildman–Crippen LogP) is 5.66. The predicted molar refractivity (Wildman–Crippen MR) is 134 cm³/mol. The third-order valence-corrected chi connectivity index (χ3v) is 6.33. The van der Waals surface area contributed by atoms with Crippen LogP contribution in [0.4, 0.5) is 10.5 Å². The van der Waals surface area contributed by atoms with Crippen molar-refractivity contribution < 1.29 is 14.3 Å². The number of benzene rings is 1. The highest BCUT2D eigenvalue weighted by atomic mass is 16.6. The minimum absolute atomic E-state index is 0.0139. The normalized spacial score (nSPS) is 19.4. The van der Waals surface area contributed by atoms with Gasteiger partial charge in [0.05, 0.1) is 5.69 Å². The molecule has 1 fully saturated rings. The van der Waals surface area contributed by atoms with E-state index in [0.717, 1.165) is 42.6 Å². The van der Waals surface area contributed by atoms with Crippen molar-refractivity contribution in [3.05, 3.63) is 54.9 Å². The van der Waals surface area contributed by atoms with Gasteiger partial charge >= 0.3 is 6.09 Å². The second-order valence-electron chi connectivity index (χ2n) is 10.4. The van der Waals surface area contributed by atoms with E-state index in [1.54, 1.807) is 6.20 Å². The average molecular weight is 463 g/mol.